The maximum atomic E-state index is 13.6. The molecule has 0 bridgehead atoms. The van der Waals surface area contributed by atoms with Crippen LogP contribution in [0.1, 0.15) is 16.7 Å². The Hall–Kier alpha value is -1.35. The van der Waals surface area contributed by atoms with Crippen LogP contribution < -0.4 is 5.32 Å². The van der Waals surface area contributed by atoms with E-state index in [4.69, 9.17) is 0 Å². The second-order valence-electron chi connectivity index (χ2n) is 4.40. The average molecular weight is 308 g/mol. The first-order valence-corrected chi connectivity index (χ1v) is 6.60. The molecule has 0 aliphatic rings. The lowest BCUT2D eigenvalue weighted by molar-refractivity contribution is 0.629. The number of aryl methyl sites for hydroxylation is 2. The quantitative estimate of drug-likeness (QED) is 0.857. The Morgan fingerprint density at radius 3 is 2.50 bits per heavy atom. The zero-order valence-electron chi connectivity index (χ0n) is 10.4. The molecule has 0 radical (unpaired) electrons. The van der Waals surface area contributed by atoms with E-state index in [0.717, 1.165) is 10.0 Å². The zero-order chi connectivity index (χ0) is 13.1. The second kappa shape index (κ2) is 5.53. The minimum absolute atomic E-state index is 0.242. The SMILES string of the molecule is Cc1ccc(CNc2ccc(Br)cc2F)cc1C. The van der Waals surface area contributed by atoms with Gasteiger partial charge in [-0.25, -0.2) is 4.39 Å². The molecule has 94 valence electrons. The van der Waals surface area contributed by atoms with Gasteiger partial charge in [-0.15, -0.1) is 0 Å². The summed E-state index contributed by atoms with van der Waals surface area (Å²) in [5.74, 6) is -0.242. The average Bonchev–Trinajstić information content (AvgIpc) is 2.32. The van der Waals surface area contributed by atoms with Gasteiger partial charge in [-0.3, -0.25) is 0 Å². The van der Waals surface area contributed by atoms with E-state index in [0.29, 0.717) is 12.2 Å². The standard InChI is InChI=1S/C15H15BrFN/c1-10-3-4-12(7-11(10)2)9-18-15-6-5-13(16)8-14(15)17/h3-8,18H,9H2,1-2H3. The van der Waals surface area contributed by atoms with Crippen LogP contribution in [0.25, 0.3) is 0 Å². The number of anilines is 1. The summed E-state index contributed by atoms with van der Waals surface area (Å²) in [6.07, 6.45) is 0. The fourth-order valence-electron chi connectivity index (χ4n) is 1.74. The number of rotatable bonds is 3. The van der Waals surface area contributed by atoms with Gasteiger partial charge < -0.3 is 5.32 Å². The molecular formula is C15H15BrFN. The van der Waals surface area contributed by atoms with Crippen molar-refractivity contribution in [1.82, 2.24) is 0 Å². The molecular weight excluding hydrogens is 293 g/mol. The molecule has 1 N–H and O–H groups in total. The molecule has 2 rings (SSSR count). The van der Waals surface area contributed by atoms with E-state index in [9.17, 15) is 4.39 Å². The largest absolute Gasteiger partial charge is 0.379 e. The first kappa shape index (κ1) is 13.1. The van der Waals surface area contributed by atoms with Crippen LogP contribution in [-0.4, -0.2) is 0 Å². The number of hydrogen-bond acceptors (Lipinski definition) is 1. The normalized spacial score (nSPS) is 10.4. The minimum atomic E-state index is -0.242. The van der Waals surface area contributed by atoms with Crippen molar-refractivity contribution in [3.8, 4) is 0 Å². The van der Waals surface area contributed by atoms with E-state index in [-0.39, 0.29) is 5.82 Å². The van der Waals surface area contributed by atoms with Crippen molar-refractivity contribution >= 4 is 21.6 Å². The van der Waals surface area contributed by atoms with Crippen molar-refractivity contribution in [2.75, 3.05) is 5.32 Å². The Bertz CT molecular complexity index is 566. The fourth-order valence-corrected chi connectivity index (χ4v) is 2.08. The summed E-state index contributed by atoms with van der Waals surface area (Å²) in [5, 5.41) is 3.11. The Kier molecular flexibility index (Phi) is 4.02. The highest BCUT2D eigenvalue weighted by atomic mass is 79.9. The van der Waals surface area contributed by atoms with Gasteiger partial charge in [0.25, 0.3) is 0 Å². The Labute approximate surface area is 115 Å². The van der Waals surface area contributed by atoms with Crippen LogP contribution in [0.4, 0.5) is 10.1 Å². The molecule has 2 aromatic carbocycles. The predicted octanol–water partition coefficient (Wildman–Crippen LogP) is 4.82. The summed E-state index contributed by atoms with van der Waals surface area (Å²) in [6.45, 7) is 4.79. The van der Waals surface area contributed by atoms with Gasteiger partial charge in [0.05, 0.1) is 5.69 Å². The van der Waals surface area contributed by atoms with Gasteiger partial charge in [-0.2, -0.15) is 0 Å². The van der Waals surface area contributed by atoms with Crippen molar-refractivity contribution < 1.29 is 4.39 Å². The van der Waals surface area contributed by atoms with Crippen LogP contribution in [0.2, 0.25) is 0 Å². The monoisotopic (exact) mass is 307 g/mol. The van der Waals surface area contributed by atoms with Crippen molar-refractivity contribution in [3.63, 3.8) is 0 Å². The maximum Gasteiger partial charge on any atom is 0.147 e. The topological polar surface area (TPSA) is 12.0 Å². The Morgan fingerprint density at radius 1 is 1.06 bits per heavy atom. The van der Waals surface area contributed by atoms with E-state index in [1.54, 1.807) is 6.07 Å². The maximum absolute atomic E-state index is 13.6. The molecule has 2 aromatic rings. The molecule has 0 saturated heterocycles. The van der Waals surface area contributed by atoms with Gasteiger partial charge in [0, 0.05) is 11.0 Å². The molecule has 0 spiro atoms. The Balaban J connectivity index is 2.09. The van der Waals surface area contributed by atoms with E-state index in [1.807, 2.05) is 6.07 Å². The summed E-state index contributed by atoms with van der Waals surface area (Å²) < 4.78 is 14.4. The molecule has 0 fully saturated rings. The van der Waals surface area contributed by atoms with Crippen LogP contribution in [-0.2, 0) is 6.54 Å². The first-order chi connectivity index (χ1) is 8.56. The van der Waals surface area contributed by atoms with Gasteiger partial charge in [-0.1, -0.05) is 34.1 Å². The van der Waals surface area contributed by atoms with Gasteiger partial charge in [-0.05, 0) is 48.7 Å². The van der Waals surface area contributed by atoms with E-state index < -0.39 is 0 Å². The molecule has 3 heteroatoms. The van der Waals surface area contributed by atoms with Gasteiger partial charge in [0.15, 0.2) is 0 Å². The second-order valence-corrected chi connectivity index (χ2v) is 5.31. The van der Waals surface area contributed by atoms with Crippen molar-refractivity contribution in [2.24, 2.45) is 0 Å². The highest BCUT2D eigenvalue weighted by Gasteiger charge is 2.02. The van der Waals surface area contributed by atoms with Crippen molar-refractivity contribution in [3.05, 3.63) is 63.4 Å². The third-order valence-corrected chi connectivity index (χ3v) is 3.48. The third kappa shape index (κ3) is 3.10. The van der Waals surface area contributed by atoms with Gasteiger partial charge in [0.1, 0.15) is 5.82 Å². The summed E-state index contributed by atoms with van der Waals surface area (Å²) >= 11 is 3.24. The highest BCUT2D eigenvalue weighted by molar-refractivity contribution is 9.10. The van der Waals surface area contributed by atoms with E-state index in [1.165, 1.54) is 17.2 Å². The summed E-state index contributed by atoms with van der Waals surface area (Å²) in [6, 6.07) is 11.3. The van der Waals surface area contributed by atoms with E-state index >= 15 is 0 Å². The first-order valence-electron chi connectivity index (χ1n) is 5.81. The molecule has 1 nitrogen and oxygen atoms in total. The highest BCUT2D eigenvalue weighted by Crippen LogP contribution is 2.20. The third-order valence-electron chi connectivity index (χ3n) is 2.99. The summed E-state index contributed by atoms with van der Waals surface area (Å²) in [7, 11) is 0. The molecule has 0 aliphatic carbocycles. The fraction of sp³-hybridized carbons (Fsp3) is 0.200. The van der Waals surface area contributed by atoms with Crippen LogP contribution in [0.15, 0.2) is 40.9 Å². The molecule has 0 aromatic heterocycles. The van der Waals surface area contributed by atoms with E-state index in [2.05, 4.69) is 53.3 Å². The number of benzene rings is 2. The van der Waals surface area contributed by atoms with Gasteiger partial charge in [0.2, 0.25) is 0 Å². The van der Waals surface area contributed by atoms with Gasteiger partial charge >= 0.3 is 0 Å². The summed E-state index contributed by atoms with van der Waals surface area (Å²) in [4.78, 5) is 0. The lowest BCUT2D eigenvalue weighted by atomic mass is 10.1. The smallest absolute Gasteiger partial charge is 0.147 e. The van der Waals surface area contributed by atoms with Crippen LogP contribution in [0, 0.1) is 19.7 Å². The van der Waals surface area contributed by atoms with Crippen molar-refractivity contribution in [1.29, 1.82) is 0 Å². The molecule has 0 unspecified atom stereocenters. The summed E-state index contributed by atoms with van der Waals surface area (Å²) in [5.41, 5.74) is 4.20. The number of hydrogen-bond donors (Lipinski definition) is 1. The zero-order valence-corrected chi connectivity index (χ0v) is 12.0. The predicted molar refractivity (Wildman–Crippen MR) is 77.3 cm³/mol. The molecule has 18 heavy (non-hydrogen) atoms. The molecule has 0 saturated carbocycles. The molecule has 0 heterocycles. The number of nitrogens with one attached hydrogen (secondary N) is 1. The Morgan fingerprint density at radius 2 is 1.83 bits per heavy atom. The minimum Gasteiger partial charge on any atom is -0.379 e. The molecule has 0 atom stereocenters. The molecule has 0 amide bonds. The molecule has 0 aliphatic heterocycles. The number of halogens is 2. The van der Waals surface area contributed by atoms with Crippen LogP contribution in [0.5, 0.6) is 0 Å². The lowest BCUT2D eigenvalue weighted by Crippen LogP contribution is -2.02. The van der Waals surface area contributed by atoms with Crippen LogP contribution in [0.3, 0.4) is 0 Å². The van der Waals surface area contributed by atoms with Crippen LogP contribution >= 0.6 is 15.9 Å². The lowest BCUT2D eigenvalue weighted by Gasteiger charge is -2.09. The van der Waals surface area contributed by atoms with Crippen molar-refractivity contribution in [2.45, 2.75) is 20.4 Å².